The van der Waals surface area contributed by atoms with Crippen LogP contribution < -0.4 is 5.32 Å². The molecule has 0 unspecified atom stereocenters. The van der Waals surface area contributed by atoms with Gasteiger partial charge >= 0.3 is 0 Å². The van der Waals surface area contributed by atoms with Gasteiger partial charge in [0.15, 0.2) is 0 Å². The third kappa shape index (κ3) is 2.79. The Morgan fingerprint density at radius 3 is 2.19 bits per heavy atom. The number of aromatic nitrogens is 2. The van der Waals surface area contributed by atoms with Crippen LogP contribution >= 0.6 is 0 Å². The van der Waals surface area contributed by atoms with Gasteiger partial charge in [0.2, 0.25) is 0 Å². The Balaban J connectivity index is 1.97. The number of nitrogens with one attached hydrogen (secondary N) is 1. The molecule has 0 aliphatic carbocycles. The molecule has 0 saturated heterocycles. The first-order valence-corrected chi connectivity index (χ1v) is 5.32. The van der Waals surface area contributed by atoms with Gasteiger partial charge < -0.3 is 5.32 Å². The van der Waals surface area contributed by atoms with Gasteiger partial charge in [0, 0.05) is 12.4 Å². The second kappa shape index (κ2) is 4.75. The van der Waals surface area contributed by atoms with Crippen molar-refractivity contribution in [1.29, 1.82) is 0 Å². The van der Waals surface area contributed by atoms with E-state index < -0.39 is 0 Å². The van der Waals surface area contributed by atoms with Crippen molar-refractivity contribution in [2.45, 2.75) is 20.4 Å². The first-order chi connectivity index (χ1) is 7.74. The summed E-state index contributed by atoms with van der Waals surface area (Å²) in [6.45, 7) is 4.76. The van der Waals surface area contributed by atoms with Gasteiger partial charge in [-0.25, -0.2) is 4.98 Å². The Hall–Kier alpha value is -1.90. The summed E-state index contributed by atoms with van der Waals surface area (Å²) in [7, 11) is 0. The number of rotatable bonds is 3. The van der Waals surface area contributed by atoms with E-state index in [9.17, 15) is 0 Å². The second-order valence-electron chi connectivity index (χ2n) is 3.90. The third-order valence-electron chi connectivity index (χ3n) is 2.33. The van der Waals surface area contributed by atoms with E-state index in [2.05, 4.69) is 21.4 Å². The van der Waals surface area contributed by atoms with Crippen molar-refractivity contribution < 1.29 is 0 Å². The summed E-state index contributed by atoms with van der Waals surface area (Å²) in [6.07, 6.45) is 3.73. The van der Waals surface area contributed by atoms with E-state index in [0.717, 1.165) is 11.5 Å². The molecule has 2 aromatic heterocycles. The third-order valence-corrected chi connectivity index (χ3v) is 2.33. The van der Waals surface area contributed by atoms with E-state index in [4.69, 9.17) is 0 Å². The van der Waals surface area contributed by atoms with Crippen molar-refractivity contribution in [3.63, 3.8) is 0 Å². The fraction of sp³-hybridized carbons (Fsp3) is 0.231. The fourth-order valence-electron chi connectivity index (χ4n) is 1.36. The highest BCUT2D eigenvalue weighted by atomic mass is 15.0. The molecule has 3 heteroatoms. The quantitative estimate of drug-likeness (QED) is 0.851. The van der Waals surface area contributed by atoms with Gasteiger partial charge in [0.25, 0.3) is 0 Å². The molecule has 0 aliphatic heterocycles. The molecule has 0 fully saturated rings. The van der Waals surface area contributed by atoms with Crippen molar-refractivity contribution in [2.24, 2.45) is 0 Å². The minimum atomic E-state index is 0.705. The molecular weight excluding hydrogens is 198 g/mol. The molecule has 0 amide bonds. The standard InChI is InChI=1S/C13H15N3/c1-10-3-5-12(14-7-10)9-16-13-6-4-11(2)8-15-13/h3-8H,9H2,1-2H3,(H,15,16). The number of aryl methyl sites for hydroxylation is 2. The number of pyridine rings is 2. The lowest BCUT2D eigenvalue weighted by Crippen LogP contribution is -2.02. The normalized spacial score (nSPS) is 10.1. The van der Waals surface area contributed by atoms with Crippen LogP contribution in [0.2, 0.25) is 0 Å². The zero-order valence-electron chi connectivity index (χ0n) is 9.57. The number of nitrogens with zero attached hydrogens (tertiary/aromatic N) is 2. The molecule has 0 spiro atoms. The summed E-state index contributed by atoms with van der Waals surface area (Å²) >= 11 is 0. The molecule has 0 radical (unpaired) electrons. The van der Waals surface area contributed by atoms with Crippen molar-refractivity contribution in [2.75, 3.05) is 5.32 Å². The molecule has 16 heavy (non-hydrogen) atoms. The minimum Gasteiger partial charge on any atom is -0.364 e. The molecule has 82 valence electrons. The summed E-state index contributed by atoms with van der Waals surface area (Å²) in [6, 6.07) is 8.10. The molecule has 0 aliphatic rings. The van der Waals surface area contributed by atoms with Crippen molar-refractivity contribution in [1.82, 2.24) is 9.97 Å². The van der Waals surface area contributed by atoms with Crippen molar-refractivity contribution in [3.05, 3.63) is 53.5 Å². The molecule has 1 N–H and O–H groups in total. The lowest BCUT2D eigenvalue weighted by Gasteiger charge is -2.05. The van der Waals surface area contributed by atoms with E-state index in [-0.39, 0.29) is 0 Å². The summed E-state index contributed by atoms with van der Waals surface area (Å²) in [5, 5.41) is 3.23. The zero-order valence-corrected chi connectivity index (χ0v) is 9.57. The Bertz CT molecular complexity index is 400. The molecule has 0 aromatic carbocycles. The molecule has 0 atom stereocenters. The summed E-state index contributed by atoms with van der Waals surface area (Å²) in [5.74, 6) is 0.882. The van der Waals surface area contributed by atoms with Gasteiger partial charge in [0.1, 0.15) is 5.82 Å². The topological polar surface area (TPSA) is 37.8 Å². The van der Waals surface area contributed by atoms with Crippen LogP contribution in [0.4, 0.5) is 5.82 Å². The second-order valence-corrected chi connectivity index (χ2v) is 3.90. The molecule has 2 aromatic rings. The first kappa shape index (κ1) is 10.6. The molecule has 0 bridgehead atoms. The van der Waals surface area contributed by atoms with Crippen LogP contribution in [0.3, 0.4) is 0 Å². The van der Waals surface area contributed by atoms with Crippen LogP contribution in [0.1, 0.15) is 16.8 Å². The van der Waals surface area contributed by atoms with Gasteiger partial charge in [-0.05, 0) is 37.1 Å². The number of hydrogen-bond acceptors (Lipinski definition) is 3. The van der Waals surface area contributed by atoms with E-state index in [0.29, 0.717) is 6.54 Å². The predicted molar refractivity (Wildman–Crippen MR) is 65.3 cm³/mol. The van der Waals surface area contributed by atoms with E-state index in [1.54, 1.807) is 0 Å². The Labute approximate surface area is 95.6 Å². The number of hydrogen-bond donors (Lipinski definition) is 1. The maximum absolute atomic E-state index is 4.32. The van der Waals surface area contributed by atoms with E-state index >= 15 is 0 Å². The Morgan fingerprint density at radius 2 is 1.62 bits per heavy atom. The van der Waals surface area contributed by atoms with Crippen LogP contribution in [0, 0.1) is 13.8 Å². The Morgan fingerprint density at radius 1 is 0.938 bits per heavy atom. The molecule has 3 nitrogen and oxygen atoms in total. The lowest BCUT2D eigenvalue weighted by atomic mass is 10.3. The maximum atomic E-state index is 4.32. The van der Waals surface area contributed by atoms with E-state index in [1.165, 1.54) is 11.1 Å². The average molecular weight is 213 g/mol. The van der Waals surface area contributed by atoms with Gasteiger partial charge in [-0.1, -0.05) is 12.1 Å². The summed E-state index contributed by atoms with van der Waals surface area (Å²) in [5.41, 5.74) is 3.36. The van der Waals surface area contributed by atoms with Crippen LogP contribution in [-0.2, 0) is 6.54 Å². The van der Waals surface area contributed by atoms with Crippen molar-refractivity contribution in [3.8, 4) is 0 Å². The predicted octanol–water partition coefficient (Wildman–Crippen LogP) is 2.71. The fourth-order valence-corrected chi connectivity index (χ4v) is 1.36. The van der Waals surface area contributed by atoms with Gasteiger partial charge in [0.05, 0.1) is 12.2 Å². The van der Waals surface area contributed by atoms with Gasteiger partial charge in [-0.15, -0.1) is 0 Å². The monoisotopic (exact) mass is 213 g/mol. The number of anilines is 1. The maximum Gasteiger partial charge on any atom is 0.126 e. The van der Waals surface area contributed by atoms with Gasteiger partial charge in [-0.2, -0.15) is 0 Å². The minimum absolute atomic E-state index is 0.705. The SMILES string of the molecule is Cc1ccc(CNc2ccc(C)cn2)nc1. The highest BCUT2D eigenvalue weighted by Crippen LogP contribution is 2.06. The summed E-state index contributed by atoms with van der Waals surface area (Å²) < 4.78 is 0. The average Bonchev–Trinajstić information content (AvgIpc) is 2.30. The molecule has 2 rings (SSSR count). The first-order valence-electron chi connectivity index (χ1n) is 5.32. The van der Waals surface area contributed by atoms with Crippen LogP contribution in [0.15, 0.2) is 36.7 Å². The zero-order chi connectivity index (χ0) is 11.4. The highest BCUT2D eigenvalue weighted by molar-refractivity contribution is 5.35. The van der Waals surface area contributed by atoms with Crippen LogP contribution in [0.25, 0.3) is 0 Å². The van der Waals surface area contributed by atoms with Crippen LogP contribution in [-0.4, -0.2) is 9.97 Å². The van der Waals surface area contributed by atoms with Gasteiger partial charge in [-0.3, -0.25) is 4.98 Å². The molecule has 2 heterocycles. The lowest BCUT2D eigenvalue weighted by molar-refractivity contribution is 1.02. The highest BCUT2D eigenvalue weighted by Gasteiger charge is 1.95. The smallest absolute Gasteiger partial charge is 0.126 e. The van der Waals surface area contributed by atoms with Crippen LogP contribution in [0.5, 0.6) is 0 Å². The summed E-state index contributed by atoms with van der Waals surface area (Å²) in [4.78, 5) is 8.59. The molecular formula is C13H15N3. The largest absolute Gasteiger partial charge is 0.364 e. The Kier molecular flexibility index (Phi) is 3.15. The van der Waals surface area contributed by atoms with E-state index in [1.807, 2.05) is 44.4 Å². The molecule has 0 saturated carbocycles. The van der Waals surface area contributed by atoms with Crippen molar-refractivity contribution >= 4 is 5.82 Å².